The van der Waals surface area contributed by atoms with Gasteiger partial charge in [-0.25, -0.2) is 4.39 Å². The Balaban J connectivity index is 2.24. The predicted molar refractivity (Wildman–Crippen MR) is 90.6 cm³/mol. The third-order valence-electron chi connectivity index (χ3n) is 4.36. The molecule has 0 saturated heterocycles. The van der Waals surface area contributed by atoms with Crippen molar-refractivity contribution in [2.24, 2.45) is 7.05 Å². The number of halogens is 1. The molecule has 25 heavy (non-hydrogen) atoms. The van der Waals surface area contributed by atoms with Crippen molar-refractivity contribution in [1.82, 2.24) is 15.1 Å². The molecule has 1 amide bonds. The molecule has 134 valence electrons. The summed E-state index contributed by atoms with van der Waals surface area (Å²) in [5, 5.41) is 16.2. The van der Waals surface area contributed by atoms with Crippen LogP contribution in [0.2, 0.25) is 0 Å². The van der Waals surface area contributed by atoms with Gasteiger partial charge < -0.3 is 10.4 Å². The smallest absolute Gasteiger partial charge is 0.305 e. The molecule has 2 atom stereocenters. The predicted octanol–water partition coefficient (Wildman–Crippen LogP) is 2.61. The van der Waals surface area contributed by atoms with Crippen LogP contribution in [0.25, 0.3) is 0 Å². The van der Waals surface area contributed by atoms with Crippen molar-refractivity contribution in [2.45, 2.75) is 39.2 Å². The van der Waals surface area contributed by atoms with E-state index >= 15 is 0 Å². The Morgan fingerprint density at radius 1 is 1.28 bits per heavy atom. The molecule has 0 bridgehead atoms. The lowest BCUT2D eigenvalue weighted by Crippen LogP contribution is -2.33. The van der Waals surface area contributed by atoms with Crippen LogP contribution in [0.5, 0.6) is 0 Å². The maximum atomic E-state index is 13.1. The Morgan fingerprint density at radius 2 is 1.88 bits per heavy atom. The standard InChI is InChI=1S/C18H22FN3O3/c1-10(17-11(2)21-22(4)12(17)3)18(25)20-15(9-16(23)24)13-5-7-14(19)8-6-13/h5-8,10,15H,9H2,1-4H3,(H,20,25)(H,23,24). The number of aryl methyl sites for hydroxylation is 2. The minimum atomic E-state index is -1.05. The summed E-state index contributed by atoms with van der Waals surface area (Å²) in [5.41, 5.74) is 3.02. The first-order valence-corrected chi connectivity index (χ1v) is 7.98. The average molecular weight is 347 g/mol. The molecule has 0 fully saturated rings. The van der Waals surface area contributed by atoms with Crippen LogP contribution in [0, 0.1) is 19.7 Å². The first-order valence-electron chi connectivity index (χ1n) is 7.98. The van der Waals surface area contributed by atoms with Crippen LogP contribution in [0.1, 0.15) is 47.8 Å². The number of carbonyl (C=O) groups is 2. The van der Waals surface area contributed by atoms with Gasteiger partial charge in [-0.05, 0) is 38.5 Å². The fourth-order valence-corrected chi connectivity index (χ4v) is 2.97. The Hall–Kier alpha value is -2.70. The first-order chi connectivity index (χ1) is 11.7. The number of rotatable bonds is 6. The van der Waals surface area contributed by atoms with E-state index in [2.05, 4.69) is 10.4 Å². The van der Waals surface area contributed by atoms with E-state index in [4.69, 9.17) is 5.11 Å². The van der Waals surface area contributed by atoms with E-state index in [0.717, 1.165) is 17.0 Å². The summed E-state index contributed by atoms with van der Waals surface area (Å²) < 4.78 is 14.8. The summed E-state index contributed by atoms with van der Waals surface area (Å²) in [4.78, 5) is 23.8. The monoisotopic (exact) mass is 347 g/mol. The Labute approximate surface area is 145 Å². The van der Waals surface area contributed by atoms with Crippen LogP contribution in [0.15, 0.2) is 24.3 Å². The number of aliphatic carboxylic acids is 1. The van der Waals surface area contributed by atoms with Crippen molar-refractivity contribution < 1.29 is 19.1 Å². The molecule has 0 aliphatic carbocycles. The molecule has 1 aromatic carbocycles. The van der Waals surface area contributed by atoms with E-state index in [1.807, 2.05) is 20.9 Å². The van der Waals surface area contributed by atoms with E-state index in [1.54, 1.807) is 11.6 Å². The quantitative estimate of drug-likeness (QED) is 0.841. The molecule has 7 heteroatoms. The number of aromatic nitrogens is 2. The van der Waals surface area contributed by atoms with Gasteiger partial charge in [-0.1, -0.05) is 12.1 Å². The highest BCUT2D eigenvalue weighted by molar-refractivity contribution is 5.84. The molecule has 1 aromatic heterocycles. The Kier molecular flexibility index (Phi) is 5.56. The topological polar surface area (TPSA) is 84.2 Å². The summed E-state index contributed by atoms with van der Waals surface area (Å²) in [7, 11) is 1.81. The van der Waals surface area contributed by atoms with Crippen molar-refractivity contribution in [2.75, 3.05) is 0 Å². The summed E-state index contributed by atoms with van der Waals surface area (Å²) in [6.45, 7) is 5.48. The molecule has 2 rings (SSSR count). The Morgan fingerprint density at radius 3 is 2.36 bits per heavy atom. The lowest BCUT2D eigenvalue weighted by atomic mass is 9.96. The highest BCUT2D eigenvalue weighted by Crippen LogP contribution is 2.25. The van der Waals surface area contributed by atoms with Gasteiger partial charge >= 0.3 is 5.97 Å². The molecule has 0 radical (unpaired) electrons. The first kappa shape index (κ1) is 18.6. The highest BCUT2D eigenvalue weighted by Gasteiger charge is 2.26. The van der Waals surface area contributed by atoms with E-state index < -0.39 is 23.7 Å². The number of amides is 1. The normalized spacial score (nSPS) is 13.3. The summed E-state index contributed by atoms with van der Waals surface area (Å²) in [6, 6.07) is 4.72. The molecule has 2 N–H and O–H groups in total. The number of carboxylic acid groups (broad SMARTS) is 1. The van der Waals surface area contributed by atoms with Gasteiger partial charge in [-0.3, -0.25) is 14.3 Å². The average Bonchev–Trinajstić information content (AvgIpc) is 2.79. The second kappa shape index (κ2) is 7.46. The van der Waals surface area contributed by atoms with Crippen LogP contribution in [0.4, 0.5) is 4.39 Å². The number of nitrogens with zero attached hydrogens (tertiary/aromatic N) is 2. The number of carbonyl (C=O) groups excluding carboxylic acids is 1. The summed E-state index contributed by atoms with van der Waals surface area (Å²) in [5.74, 6) is -2.24. The number of nitrogens with one attached hydrogen (secondary N) is 1. The number of hydrogen-bond acceptors (Lipinski definition) is 3. The van der Waals surface area contributed by atoms with Crippen molar-refractivity contribution in [3.05, 3.63) is 52.6 Å². The van der Waals surface area contributed by atoms with Crippen LogP contribution in [-0.4, -0.2) is 26.8 Å². The molecule has 0 saturated carbocycles. The van der Waals surface area contributed by atoms with Crippen molar-refractivity contribution in [3.8, 4) is 0 Å². The molecule has 0 aliphatic heterocycles. The second-order valence-electron chi connectivity index (χ2n) is 6.14. The number of benzene rings is 1. The van der Waals surface area contributed by atoms with E-state index in [0.29, 0.717) is 5.56 Å². The Bertz CT molecular complexity index is 784. The van der Waals surface area contributed by atoms with Crippen LogP contribution in [0.3, 0.4) is 0 Å². The van der Waals surface area contributed by atoms with Crippen molar-refractivity contribution >= 4 is 11.9 Å². The van der Waals surface area contributed by atoms with Crippen molar-refractivity contribution in [3.63, 3.8) is 0 Å². The van der Waals surface area contributed by atoms with E-state index in [1.165, 1.54) is 24.3 Å². The van der Waals surface area contributed by atoms with Gasteiger partial charge in [-0.2, -0.15) is 5.10 Å². The fourth-order valence-electron chi connectivity index (χ4n) is 2.97. The molecule has 1 heterocycles. The lowest BCUT2D eigenvalue weighted by Gasteiger charge is -2.20. The zero-order valence-electron chi connectivity index (χ0n) is 14.7. The van der Waals surface area contributed by atoms with Crippen LogP contribution in [-0.2, 0) is 16.6 Å². The maximum Gasteiger partial charge on any atom is 0.305 e. The maximum absolute atomic E-state index is 13.1. The number of hydrogen-bond donors (Lipinski definition) is 2. The fraction of sp³-hybridized carbons (Fsp3) is 0.389. The SMILES string of the molecule is Cc1nn(C)c(C)c1C(C)C(=O)NC(CC(=O)O)c1ccc(F)cc1. The zero-order chi connectivity index (χ0) is 18.7. The minimum Gasteiger partial charge on any atom is -0.481 e. The molecule has 0 spiro atoms. The van der Waals surface area contributed by atoms with Gasteiger partial charge in [0.2, 0.25) is 5.91 Å². The molecular formula is C18H22FN3O3. The van der Waals surface area contributed by atoms with Gasteiger partial charge in [-0.15, -0.1) is 0 Å². The van der Waals surface area contributed by atoms with Gasteiger partial charge in [0.1, 0.15) is 5.82 Å². The lowest BCUT2D eigenvalue weighted by molar-refractivity contribution is -0.137. The minimum absolute atomic E-state index is 0.283. The molecule has 0 aliphatic rings. The highest BCUT2D eigenvalue weighted by atomic mass is 19.1. The molecule has 2 unspecified atom stereocenters. The second-order valence-corrected chi connectivity index (χ2v) is 6.14. The van der Waals surface area contributed by atoms with Gasteiger partial charge in [0, 0.05) is 18.3 Å². The number of carboxylic acids is 1. The van der Waals surface area contributed by atoms with E-state index in [-0.39, 0.29) is 12.3 Å². The largest absolute Gasteiger partial charge is 0.481 e. The molecule has 2 aromatic rings. The molecule has 6 nitrogen and oxygen atoms in total. The summed E-state index contributed by atoms with van der Waals surface area (Å²) >= 11 is 0. The van der Waals surface area contributed by atoms with E-state index in [9.17, 15) is 14.0 Å². The van der Waals surface area contributed by atoms with Crippen molar-refractivity contribution in [1.29, 1.82) is 0 Å². The third-order valence-corrected chi connectivity index (χ3v) is 4.36. The van der Waals surface area contributed by atoms with Gasteiger partial charge in [0.15, 0.2) is 0 Å². The summed E-state index contributed by atoms with van der Waals surface area (Å²) in [6.07, 6.45) is -0.283. The van der Waals surface area contributed by atoms with Crippen LogP contribution < -0.4 is 5.32 Å². The van der Waals surface area contributed by atoms with Gasteiger partial charge in [0.25, 0.3) is 0 Å². The van der Waals surface area contributed by atoms with Gasteiger partial charge in [0.05, 0.1) is 24.1 Å². The zero-order valence-corrected chi connectivity index (χ0v) is 14.7. The third kappa shape index (κ3) is 4.23. The molecular weight excluding hydrogens is 325 g/mol. The van der Waals surface area contributed by atoms with Crippen LogP contribution >= 0.6 is 0 Å².